The van der Waals surface area contributed by atoms with E-state index in [-0.39, 0.29) is 5.82 Å². The normalized spacial score (nSPS) is 12.7. The van der Waals surface area contributed by atoms with Gasteiger partial charge in [0.05, 0.1) is 12.7 Å². The van der Waals surface area contributed by atoms with E-state index in [1.807, 2.05) is 13.1 Å². The molecule has 0 bridgehead atoms. The molecule has 0 saturated heterocycles. The van der Waals surface area contributed by atoms with Crippen LogP contribution in [-0.2, 0) is 30.7 Å². The highest BCUT2D eigenvalue weighted by molar-refractivity contribution is 7.16. The number of thiophene rings is 1. The van der Waals surface area contributed by atoms with Crippen molar-refractivity contribution < 1.29 is 13.9 Å². The second kappa shape index (κ2) is 11.8. The Morgan fingerprint density at radius 2 is 2.12 bits per heavy atom. The highest BCUT2D eigenvalue weighted by Crippen LogP contribution is 2.36. The number of rotatable bonds is 6. The molecule has 0 amide bonds. The molecule has 0 aliphatic carbocycles. The third kappa shape index (κ3) is 6.55. The number of fused-ring (bicyclic) bond motifs is 1. The maximum atomic E-state index is 13.3. The van der Waals surface area contributed by atoms with Crippen LogP contribution in [0.4, 0.5) is 9.39 Å². The first-order chi connectivity index (χ1) is 16.0. The van der Waals surface area contributed by atoms with E-state index in [4.69, 9.17) is 16.3 Å². The number of aldehydes is 1. The number of hydrogen-bond donors (Lipinski definition) is 1. The van der Waals surface area contributed by atoms with Crippen LogP contribution in [0.3, 0.4) is 0 Å². The second-order valence-corrected chi connectivity index (χ2v) is 9.07. The van der Waals surface area contributed by atoms with Crippen molar-refractivity contribution in [3.05, 3.63) is 80.4 Å². The molecular weight excluding hydrogens is 461 g/mol. The third-order valence-electron chi connectivity index (χ3n) is 5.25. The van der Waals surface area contributed by atoms with Crippen molar-refractivity contribution in [3.8, 4) is 11.8 Å². The van der Waals surface area contributed by atoms with Crippen molar-refractivity contribution in [3.63, 3.8) is 0 Å². The number of halogens is 2. The lowest BCUT2D eigenvalue weighted by atomic mass is 10.0. The number of benzene rings is 2. The number of carbonyl (C=O) groups excluding carboxylic acids is 1. The summed E-state index contributed by atoms with van der Waals surface area (Å²) >= 11 is 7.45. The number of hydrogen-bond acceptors (Lipinski definition) is 6. The van der Waals surface area contributed by atoms with Crippen molar-refractivity contribution in [1.29, 1.82) is 5.26 Å². The minimum atomic E-state index is -0.198. The predicted octanol–water partition coefficient (Wildman–Crippen LogP) is 5.45. The third-order valence-corrected chi connectivity index (χ3v) is 6.77. The van der Waals surface area contributed by atoms with Gasteiger partial charge >= 0.3 is 0 Å². The summed E-state index contributed by atoms with van der Waals surface area (Å²) in [5.74, 6) is 0.482. The molecule has 8 heteroatoms. The van der Waals surface area contributed by atoms with Crippen molar-refractivity contribution in [1.82, 2.24) is 4.90 Å². The maximum Gasteiger partial charge on any atom is 0.124 e. The van der Waals surface area contributed by atoms with Gasteiger partial charge in [0.1, 0.15) is 28.9 Å². The summed E-state index contributed by atoms with van der Waals surface area (Å²) in [6.07, 6.45) is 2.16. The molecule has 4 rings (SSSR count). The van der Waals surface area contributed by atoms with E-state index in [0.29, 0.717) is 23.7 Å². The van der Waals surface area contributed by atoms with Crippen molar-refractivity contribution in [2.45, 2.75) is 25.9 Å². The standard InChI is InChI=1S/C16H16FN3S.C9H9ClO2/c1-19-16-13(8-18)14-10-20(6-5-15(14)21-16)9-11-3-2-4-12(17)7-11;1-12-9-5-7(2-3-11)4-8(10)6-9/h2-4,7,19H,5-6,9-10H2,1H3;3-6H,2H2,1H3. The number of carbonyl (C=O) groups is 1. The number of nitrogens with one attached hydrogen (secondary N) is 1. The van der Waals surface area contributed by atoms with Crippen LogP contribution in [0.15, 0.2) is 42.5 Å². The molecule has 3 aromatic rings. The molecule has 0 spiro atoms. The molecule has 33 heavy (non-hydrogen) atoms. The number of anilines is 1. The minimum Gasteiger partial charge on any atom is -0.497 e. The Balaban J connectivity index is 0.000000218. The van der Waals surface area contributed by atoms with Crippen LogP contribution >= 0.6 is 22.9 Å². The zero-order valence-electron chi connectivity index (χ0n) is 18.5. The summed E-state index contributed by atoms with van der Waals surface area (Å²) < 4.78 is 18.2. The van der Waals surface area contributed by atoms with Gasteiger partial charge in [0.15, 0.2) is 0 Å². The monoisotopic (exact) mass is 485 g/mol. The Hall–Kier alpha value is -2.92. The Morgan fingerprint density at radius 1 is 1.30 bits per heavy atom. The van der Waals surface area contributed by atoms with Crippen molar-refractivity contribution in [2.75, 3.05) is 26.0 Å². The van der Waals surface area contributed by atoms with Gasteiger partial charge in [-0.25, -0.2) is 4.39 Å². The molecule has 2 aromatic carbocycles. The van der Waals surface area contributed by atoms with Crippen LogP contribution in [0.5, 0.6) is 5.75 Å². The Bertz CT molecular complexity index is 1160. The summed E-state index contributed by atoms with van der Waals surface area (Å²) in [7, 11) is 3.42. The maximum absolute atomic E-state index is 13.3. The quantitative estimate of drug-likeness (QED) is 0.470. The number of nitrogens with zero attached hydrogens (tertiary/aromatic N) is 2. The summed E-state index contributed by atoms with van der Waals surface area (Å²) in [5.41, 5.74) is 3.74. The van der Waals surface area contributed by atoms with Gasteiger partial charge in [0, 0.05) is 48.6 Å². The molecule has 1 N–H and O–H groups in total. The zero-order valence-corrected chi connectivity index (χ0v) is 20.1. The smallest absolute Gasteiger partial charge is 0.124 e. The molecular formula is C25H25ClFN3O2S. The summed E-state index contributed by atoms with van der Waals surface area (Å²) in [5, 5.41) is 14.0. The van der Waals surface area contributed by atoms with Gasteiger partial charge in [-0.15, -0.1) is 11.3 Å². The van der Waals surface area contributed by atoms with E-state index in [2.05, 4.69) is 16.3 Å². The average Bonchev–Trinajstić information content (AvgIpc) is 3.16. The van der Waals surface area contributed by atoms with E-state index < -0.39 is 0 Å². The SMILES string of the molecule is CNc1sc2c(c1C#N)CN(Cc1cccc(F)c1)CC2.COc1cc(Cl)cc(CC=O)c1. The molecule has 172 valence electrons. The fourth-order valence-corrected chi connectivity index (χ4v) is 5.07. The Kier molecular flexibility index (Phi) is 8.84. The molecule has 2 heterocycles. The molecule has 1 aromatic heterocycles. The molecule has 0 unspecified atom stereocenters. The molecule has 5 nitrogen and oxygen atoms in total. The van der Waals surface area contributed by atoms with Gasteiger partial charge in [-0.05, 0) is 47.9 Å². The first-order valence-corrected chi connectivity index (χ1v) is 11.6. The van der Waals surface area contributed by atoms with Gasteiger partial charge < -0.3 is 14.8 Å². The molecule has 0 radical (unpaired) electrons. The fraction of sp³-hybridized carbons (Fsp3) is 0.280. The highest BCUT2D eigenvalue weighted by atomic mass is 35.5. The van der Waals surface area contributed by atoms with E-state index in [1.165, 1.54) is 10.9 Å². The zero-order chi connectivity index (χ0) is 23.8. The lowest BCUT2D eigenvalue weighted by molar-refractivity contribution is -0.107. The van der Waals surface area contributed by atoms with Crippen LogP contribution in [0, 0.1) is 17.1 Å². The molecule has 0 fully saturated rings. The fourth-order valence-electron chi connectivity index (χ4n) is 3.72. The Morgan fingerprint density at radius 3 is 2.79 bits per heavy atom. The molecule has 0 saturated carbocycles. The van der Waals surface area contributed by atoms with Gasteiger partial charge in [-0.2, -0.15) is 5.26 Å². The van der Waals surface area contributed by atoms with Crippen LogP contribution in [0.2, 0.25) is 5.02 Å². The lowest BCUT2D eigenvalue weighted by Gasteiger charge is -2.27. The van der Waals surface area contributed by atoms with Crippen LogP contribution in [-0.4, -0.2) is 31.9 Å². The van der Waals surface area contributed by atoms with Gasteiger partial charge in [0.2, 0.25) is 0 Å². The van der Waals surface area contributed by atoms with Crippen LogP contribution < -0.4 is 10.1 Å². The number of ether oxygens (including phenoxy) is 1. The lowest BCUT2D eigenvalue weighted by Crippen LogP contribution is -2.29. The van der Waals surface area contributed by atoms with E-state index >= 15 is 0 Å². The van der Waals surface area contributed by atoms with Crippen LogP contribution in [0.25, 0.3) is 0 Å². The largest absolute Gasteiger partial charge is 0.497 e. The first kappa shape index (κ1) is 24.7. The minimum absolute atomic E-state index is 0.198. The average molecular weight is 486 g/mol. The second-order valence-electron chi connectivity index (χ2n) is 7.53. The van der Waals surface area contributed by atoms with Crippen LogP contribution in [0.1, 0.15) is 27.1 Å². The summed E-state index contributed by atoms with van der Waals surface area (Å²) in [4.78, 5) is 13.8. The van der Waals surface area contributed by atoms with E-state index in [0.717, 1.165) is 53.1 Å². The van der Waals surface area contributed by atoms with Crippen molar-refractivity contribution in [2.24, 2.45) is 0 Å². The van der Waals surface area contributed by atoms with E-state index in [1.54, 1.807) is 48.8 Å². The molecule has 1 aliphatic heterocycles. The highest BCUT2D eigenvalue weighted by Gasteiger charge is 2.24. The van der Waals surface area contributed by atoms with Gasteiger partial charge in [-0.3, -0.25) is 4.90 Å². The first-order valence-electron chi connectivity index (χ1n) is 10.4. The van der Waals surface area contributed by atoms with E-state index in [9.17, 15) is 14.4 Å². The van der Waals surface area contributed by atoms with Gasteiger partial charge in [-0.1, -0.05) is 23.7 Å². The Labute approximate surface area is 202 Å². The molecule has 1 aliphatic rings. The van der Waals surface area contributed by atoms with Crippen molar-refractivity contribution >= 4 is 34.2 Å². The predicted molar refractivity (Wildman–Crippen MR) is 131 cm³/mol. The van der Waals surface area contributed by atoms with Gasteiger partial charge in [0.25, 0.3) is 0 Å². The topological polar surface area (TPSA) is 65.4 Å². The number of nitriles is 1. The molecule has 0 atom stereocenters. The summed E-state index contributed by atoms with van der Waals surface area (Å²) in [6, 6.07) is 14.3. The number of methoxy groups -OCH3 is 1. The summed E-state index contributed by atoms with van der Waals surface area (Å²) in [6.45, 7) is 2.41.